The highest BCUT2D eigenvalue weighted by atomic mass is 16.3. The van der Waals surface area contributed by atoms with E-state index in [0.717, 1.165) is 17.0 Å². The molecule has 1 fully saturated rings. The summed E-state index contributed by atoms with van der Waals surface area (Å²) in [5.74, 6) is 2.78. The predicted octanol–water partition coefficient (Wildman–Crippen LogP) is 3.69. The second kappa shape index (κ2) is 7.00. The van der Waals surface area contributed by atoms with Crippen molar-refractivity contribution >= 4 is 17.7 Å². The number of furan rings is 1. The number of rotatable bonds is 6. The molecule has 0 unspecified atom stereocenters. The van der Waals surface area contributed by atoms with E-state index in [-0.39, 0.29) is 5.91 Å². The standard InChI is InChI=1S/C20H20N4O2/c1-14-10-18(14)19-8-6-17(26-19)7-9-20(25)23-16-4-2-15(3-5-16)11-24-13-21-12-22-24/h2-9,12-14,18H,10-11H2,1H3,(H,23,25)/b9-7+/t14-,18+/m1/s1. The van der Waals surface area contributed by atoms with Crippen molar-refractivity contribution in [1.82, 2.24) is 14.8 Å². The van der Waals surface area contributed by atoms with Crippen molar-refractivity contribution in [2.45, 2.75) is 25.8 Å². The number of amides is 1. The maximum Gasteiger partial charge on any atom is 0.248 e. The SMILES string of the molecule is C[C@@H]1C[C@@H]1c1ccc(/C=C/C(=O)Nc2ccc(Cn3cncn3)cc2)o1. The number of nitrogens with one attached hydrogen (secondary N) is 1. The lowest BCUT2D eigenvalue weighted by Crippen LogP contribution is -2.08. The van der Waals surface area contributed by atoms with Crippen LogP contribution in [0, 0.1) is 5.92 Å². The molecule has 6 heteroatoms. The van der Waals surface area contributed by atoms with Gasteiger partial charge in [0.15, 0.2) is 0 Å². The van der Waals surface area contributed by atoms with Crippen LogP contribution < -0.4 is 5.32 Å². The molecule has 2 atom stereocenters. The molecule has 4 rings (SSSR count). The molecule has 2 aromatic heterocycles. The quantitative estimate of drug-likeness (QED) is 0.690. The van der Waals surface area contributed by atoms with Gasteiger partial charge in [0.25, 0.3) is 0 Å². The van der Waals surface area contributed by atoms with E-state index in [2.05, 4.69) is 22.3 Å². The number of carbonyl (C=O) groups is 1. The third kappa shape index (κ3) is 3.91. The highest BCUT2D eigenvalue weighted by molar-refractivity contribution is 6.01. The zero-order valence-electron chi connectivity index (χ0n) is 14.5. The highest BCUT2D eigenvalue weighted by Gasteiger charge is 2.36. The third-order valence-corrected chi connectivity index (χ3v) is 4.55. The van der Waals surface area contributed by atoms with Crippen LogP contribution >= 0.6 is 0 Å². The average Bonchev–Trinajstić information content (AvgIpc) is 3.06. The van der Waals surface area contributed by atoms with E-state index >= 15 is 0 Å². The summed E-state index contributed by atoms with van der Waals surface area (Å²) in [6.45, 7) is 2.86. The van der Waals surface area contributed by atoms with E-state index in [4.69, 9.17) is 4.42 Å². The van der Waals surface area contributed by atoms with E-state index in [1.54, 1.807) is 17.1 Å². The first-order valence-electron chi connectivity index (χ1n) is 8.67. The summed E-state index contributed by atoms with van der Waals surface area (Å²) in [5.41, 5.74) is 1.83. The Kier molecular flexibility index (Phi) is 4.39. The molecule has 0 saturated heterocycles. The zero-order valence-corrected chi connectivity index (χ0v) is 14.5. The van der Waals surface area contributed by atoms with Crippen molar-refractivity contribution in [2.75, 3.05) is 5.32 Å². The minimum Gasteiger partial charge on any atom is -0.461 e. The average molecular weight is 348 g/mol. The fourth-order valence-electron chi connectivity index (χ4n) is 2.91. The first kappa shape index (κ1) is 16.3. The van der Waals surface area contributed by atoms with Crippen molar-refractivity contribution in [3.8, 4) is 0 Å². The Morgan fingerprint density at radius 1 is 1.31 bits per heavy atom. The number of nitrogens with zero attached hydrogens (tertiary/aromatic N) is 3. The summed E-state index contributed by atoms with van der Waals surface area (Å²) in [6.07, 6.45) is 7.55. The number of benzene rings is 1. The molecule has 3 aromatic rings. The Morgan fingerprint density at radius 2 is 2.12 bits per heavy atom. The molecule has 6 nitrogen and oxygen atoms in total. The van der Waals surface area contributed by atoms with Crippen LogP contribution in [0.25, 0.3) is 6.08 Å². The molecule has 2 heterocycles. The van der Waals surface area contributed by atoms with Crippen molar-refractivity contribution in [3.05, 3.63) is 72.2 Å². The van der Waals surface area contributed by atoms with Gasteiger partial charge in [0.2, 0.25) is 5.91 Å². The molecule has 1 saturated carbocycles. The van der Waals surface area contributed by atoms with Crippen LogP contribution in [0.4, 0.5) is 5.69 Å². The fourth-order valence-corrected chi connectivity index (χ4v) is 2.91. The Labute approximate surface area is 151 Å². The van der Waals surface area contributed by atoms with Crippen LogP contribution in [0.5, 0.6) is 0 Å². The molecule has 0 aliphatic heterocycles. The van der Waals surface area contributed by atoms with Crippen LogP contribution in [0.3, 0.4) is 0 Å². The minimum atomic E-state index is -0.188. The van der Waals surface area contributed by atoms with Gasteiger partial charge in [0.1, 0.15) is 24.2 Å². The summed E-state index contributed by atoms with van der Waals surface area (Å²) in [4.78, 5) is 16.0. The van der Waals surface area contributed by atoms with Gasteiger partial charge in [0, 0.05) is 17.7 Å². The Bertz CT molecular complexity index is 910. The van der Waals surface area contributed by atoms with Crippen LogP contribution in [0.2, 0.25) is 0 Å². The van der Waals surface area contributed by atoms with Gasteiger partial charge in [-0.3, -0.25) is 4.79 Å². The number of aromatic nitrogens is 3. The van der Waals surface area contributed by atoms with Gasteiger partial charge in [0.05, 0.1) is 6.54 Å². The van der Waals surface area contributed by atoms with Crippen LogP contribution in [0.1, 0.15) is 36.3 Å². The minimum absolute atomic E-state index is 0.188. The molecule has 1 N–H and O–H groups in total. The zero-order chi connectivity index (χ0) is 17.9. The van der Waals surface area contributed by atoms with E-state index in [0.29, 0.717) is 24.1 Å². The van der Waals surface area contributed by atoms with E-state index in [1.165, 1.54) is 18.8 Å². The molecular weight excluding hydrogens is 328 g/mol. The molecule has 0 spiro atoms. The van der Waals surface area contributed by atoms with Gasteiger partial charge in [-0.25, -0.2) is 9.67 Å². The smallest absolute Gasteiger partial charge is 0.248 e. The van der Waals surface area contributed by atoms with Crippen LogP contribution in [0.15, 0.2) is 59.5 Å². The second-order valence-electron chi connectivity index (χ2n) is 6.67. The van der Waals surface area contributed by atoms with Gasteiger partial charge >= 0.3 is 0 Å². The Hall–Kier alpha value is -3.15. The van der Waals surface area contributed by atoms with Gasteiger partial charge in [-0.1, -0.05) is 19.1 Å². The molecule has 1 aromatic carbocycles. The van der Waals surface area contributed by atoms with E-state index in [1.807, 2.05) is 36.4 Å². The van der Waals surface area contributed by atoms with Crippen molar-refractivity contribution in [2.24, 2.45) is 5.92 Å². The normalized spacial score (nSPS) is 19.0. The molecule has 1 aliphatic rings. The summed E-state index contributed by atoms with van der Waals surface area (Å²) in [7, 11) is 0. The maximum absolute atomic E-state index is 12.1. The van der Waals surface area contributed by atoms with Gasteiger partial charge in [-0.2, -0.15) is 5.10 Å². The van der Waals surface area contributed by atoms with Crippen molar-refractivity contribution < 1.29 is 9.21 Å². The Morgan fingerprint density at radius 3 is 2.81 bits per heavy atom. The largest absolute Gasteiger partial charge is 0.461 e. The lowest BCUT2D eigenvalue weighted by Gasteiger charge is -2.04. The lowest BCUT2D eigenvalue weighted by molar-refractivity contribution is -0.111. The Balaban J connectivity index is 1.32. The first-order chi connectivity index (χ1) is 12.7. The number of hydrogen-bond donors (Lipinski definition) is 1. The molecular formula is C20H20N4O2. The van der Waals surface area contributed by atoms with Crippen molar-refractivity contribution in [3.63, 3.8) is 0 Å². The lowest BCUT2D eigenvalue weighted by atomic mass is 10.2. The first-order valence-corrected chi connectivity index (χ1v) is 8.67. The molecule has 26 heavy (non-hydrogen) atoms. The summed E-state index contributed by atoms with van der Waals surface area (Å²) >= 11 is 0. The third-order valence-electron chi connectivity index (χ3n) is 4.55. The summed E-state index contributed by atoms with van der Waals surface area (Å²) in [6, 6.07) is 11.6. The molecule has 1 amide bonds. The second-order valence-corrected chi connectivity index (χ2v) is 6.67. The summed E-state index contributed by atoms with van der Waals surface area (Å²) in [5, 5.41) is 6.92. The highest BCUT2D eigenvalue weighted by Crippen LogP contribution is 2.47. The number of carbonyl (C=O) groups excluding carboxylic acids is 1. The molecule has 132 valence electrons. The molecule has 0 radical (unpaired) electrons. The van der Waals surface area contributed by atoms with Gasteiger partial charge in [-0.05, 0) is 48.2 Å². The monoisotopic (exact) mass is 348 g/mol. The number of hydrogen-bond acceptors (Lipinski definition) is 4. The summed E-state index contributed by atoms with van der Waals surface area (Å²) < 4.78 is 7.51. The van der Waals surface area contributed by atoms with Gasteiger partial charge in [-0.15, -0.1) is 0 Å². The maximum atomic E-state index is 12.1. The van der Waals surface area contributed by atoms with Gasteiger partial charge < -0.3 is 9.73 Å². The van der Waals surface area contributed by atoms with E-state index < -0.39 is 0 Å². The van der Waals surface area contributed by atoms with Crippen molar-refractivity contribution in [1.29, 1.82) is 0 Å². The molecule has 0 bridgehead atoms. The fraction of sp³-hybridized carbons (Fsp3) is 0.250. The number of anilines is 1. The van der Waals surface area contributed by atoms with Crippen LogP contribution in [-0.2, 0) is 11.3 Å². The molecule has 1 aliphatic carbocycles. The predicted molar refractivity (Wildman–Crippen MR) is 98.5 cm³/mol. The van der Waals surface area contributed by atoms with Crippen LogP contribution in [-0.4, -0.2) is 20.7 Å². The van der Waals surface area contributed by atoms with E-state index in [9.17, 15) is 4.79 Å². The topological polar surface area (TPSA) is 73.0 Å².